The summed E-state index contributed by atoms with van der Waals surface area (Å²) >= 11 is 4.80. The summed E-state index contributed by atoms with van der Waals surface area (Å²) in [7, 11) is 0. The number of anilines is 1. The van der Waals surface area contributed by atoms with Gasteiger partial charge in [-0.2, -0.15) is 5.10 Å². The number of halogens is 2. The second-order valence-corrected chi connectivity index (χ2v) is 5.97. The second-order valence-electron chi connectivity index (χ2n) is 4.02. The third-order valence-corrected chi connectivity index (χ3v) is 4.05. The van der Waals surface area contributed by atoms with Gasteiger partial charge < -0.3 is 0 Å². The van der Waals surface area contributed by atoms with E-state index in [2.05, 4.69) is 31.4 Å². The number of para-hydroxylation sites is 1. The van der Waals surface area contributed by atoms with Crippen LogP contribution in [0.5, 0.6) is 0 Å². The molecule has 0 amide bonds. The molecule has 1 heterocycles. The SMILES string of the molecule is Fc1ccc(Br)cc1/C=N/Nc1nc2ccccc2s1. The highest BCUT2D eigenvalue weighted by Crippen LogP contribution is 2.25. The van der Waals surface area contributed by atoms with Crippen LogP contribution in [0.4, 0.5) is 9.52 Å². The van der Waals surface area contributed by atoms with E-state index in [-0.39, 0.29) is 5.82 Å². The van der Waals surface area contributed by atoms with Gasteiger partial charge in [-0.05, 0) is 30.3 Å². The molecule has 2 aromatic carbocycles. The van der Waals surface area contributed by atoms with Crippen LogP contribution in [-0.4, -0.2) is 11.2 Å². The van der Waals surface area contributed by atoms with Crippen molar-refractivity contribution in [2.24, 2.45) is 5.10 Å². The molecule has 0 aliphatic heterocycles. The fraction of sp³-hybridized carbons (Fsp3) is 0. The maximum atomic E-state index is 13.5. The highest BCUT2D eigenvalue weighted by atomic mass is 79.9. The van der Waals surface area contributed by atoms with Crippen LogP contribution in [0.2, 0.25) is 0 Å². The summed E-state index contributed by atoms with van der Waals surface area (Å²) in [5.41, 5.74) is 4.15. The number of hydrogen-bond donors (Lipinski definition) is 1. The van der Waals surface area contributed by atoms with Crippen molar-refractivity contribution in [2.75, 3.05) is 5.43 Å². The summed E-state index contributed by atoms with van der Waals surface area (Å²) in [5.74, 6) is -0.317. The van der Waals surface area contributed by atoms with Crippen molar-refractivity contribution in [3.05, 3.63) is 58.3 Å². The first-order chi connectivity index (χ1) is 9.72. The van der Waals surface area contributed by atoms with E-state index in [4.69, 9.17) is 0 Å². The van der Waals surface area contributed by atoms with Gasteiger partial charge in [0.2, 0.25) is 5.13 Å². The number of thiazole rings is 1. The Hall–Kier alpha value is -1.79. The molecule has 0 saturated heterocycles. The van der Waals surface area contributed by atoms with Crippen LogP contribution in [0, 0.1) is 5.82 Å². The number of hydrogen-bond acceptors (Lipinski definition) is 4. The van der Waals surface area contributed by atoms with Gasteiger partial charge in [0.25, 0.3) is 0 Å². The summed E-state index contributed by atoms with van der Waals surface area (Å²) < 4.78 is 15.4. The number of benzene rings is 2. The van der Waals surface area contributed by atoms with Gasteiger partial charge in [0.05, 0.1) is 16.4 Å². The first-order valence-corrected chi connectivity index (χ1v) is 7.43. The molecular weight excluding hydrogens is 341 g/mol. The zero-order chi connectivity index (χ0) is 13.9. The van der Waals surface area contributed by atoms with Crippen LogP contribution in [0.3, 0.4) is 0 Å². The number of rotatable bonds is 3. The normalized spacial score (nSPS) is 11.3. The van der Waals surface area contributed by atoms with Crippen LogP contribution < -0.4 is 5.43 Å². The Bertz CT molecular complexity index is 752. The first-order valence-electron chi connectivity index (χ1n) is 5.82. The van der Waals surface area contributed by atoms with Gasteiger partial charge in [0, 0.05) is 10.0 Å². The van der Waals surface area contributed by atoms with Crippen molar-refractivity contribution in [3.63, 3.8) is 0 Å². The van der Waals surface area contributed by atoms with Crippen LogP contribution in [0.25, 0.3) is 10.2 Å². The zero-order valence-corrected chi connectivity index (χ0v) is 12.6. The molecule has 0 radical (unpaired) electrons. The molecule has 0 fully saturated rings. The predicted molar refractivity (Wildman–Crippen MR) is 84.9 cm³/mol. The van der Waals surface area contributed by atoms with Gasteiger partial charge in [0.15, 0.2) is 0 Å². The van der Waals surface area contributed by atoms with E-state index < -0.39 is 0 Å². The summed E-state index contributed by atoms with van der Waals surface area (Å²) in [4.78, 5) is 4.37. The van der Waals surface area contributed by atoms with E-state index in [9.17, 15) is 4.39 Å². The molecular formula is C14H9BrFN3S. The van der Waals surface area contributed by atoms with E-state index in [1.807, 2.05) is 24.3 Å². The Morgan fingerprint density at radius 3 is 2.95 bits per heavy atom. The van der Waals surface area contributed by atoms with Gasteiger partial charge in [-0.1, -0.05) is 39.4 Å². The molecule has 0 atom stereocenters. The van der Waals surface area contributed by atoms with Crippen LogP contribution in [0.15, 0.2) is 52.0 Å². The molecule has 0 spiro atoms. The number of hydrazone groups is 1. The molecule has 100 valence electrons. The first kappa shape index (κ1) is 13.2. The Morgan fingerprint density at radius 1 is 1.25 bits per heavy atom. The molecule has 1 aromatic heterocycles. The van der Waals surface area contributed by atoms with Gasteiger partial charge >= 0.3 is 0 Å². The lowest BCUT2D eigenvalue weighted by Gasteiger charge is -1.97. The topological polar surface area (TPSA) is 37.3 Å². The zero-order valence-electron chi connectivity index (χ0n) is 10.2. The highest BCUT2D eigenvalue weighted by Gasteiger charge is 2.02. The van der Waals surface area contributed by atoms with Crippen LogP contribution in [0.1, 0.15) is 5.56 Å². The lowest BCUT2D eigenvalue weighted by molar-refractivity contribution is 0.625. The fourth-order valence-corrected chi connectivity index (χ4v) is 2.88. The van der Waals surface area contributed by atoms with E-state index in [0.717, 1.165) is 14.7 Å². The van der Waals surface area contributed by atoms with Gasteiger partial charge in [0.1, 0.15) is 5.82 Å². The Kier molecular flexibility index (Phi) is 3.75. The molecule has 1 N–H and O–H groups in total. The van der Waals surface area contributed by atoms with Crippen molar-refractivity contribution in [1.82, 2.24) is 4.98 Å². The molecule has 20 heavy (non-hydrogen) atoms. The van der Waals surface area contributed by atoms with Crippen molar-refractivity contribution >= 4 is 48.8 Å². The smallest absolute Gasteiger partial charge is 0.204 e. The van der Waals surface area contributed by atoms with Crippen molar-refractivity contribution in [1.29, 1.82) is 0 Å². The van der Waals surface area contributed by atoms with E-state index >= 15 is 0 Å². The molecule has 0 unspecified atom stereocenters. The van der Waals surface area contributed by atoms with Crippen LogP contribution in [-0.2, 0) is 0 Å². The van der Waals surface area contributed by atoms with Crippen molar-refractivity contribution < 1.29 is 4.39 Å². The highest BCUT2D eigenvalue weighted by molar-refractivity contribution is 9.10. The molecule has 3 nitrogen and oxygen atoms in total. The average molecular weight is 350 g/mol. The Balaban J connectivity index is 1.78. The quantitative estimate of drug-likeness (QED) is 0.552. The van der Waals surface area contributed by atoms with Crippen molar-refractivity contribution in [3.8, 4) is 0 Å². The minimum Gasteiger partial charge on any atom is -0.253 e. The maximum Gasteiger partial charge on any atom is 0.204 e. The molecule has 0 bridgehead atoms. The lowest BCUT2D eigenvalue weighted by atomic mass is 10.2. The molecule has 0 saturated carbocycles. The van der Waals surface area contributed by atoms with Gasteiger partial charge in [-0.25, -0.2) is 9.37 Å². The van der Waals surface area contributed by atoms with Crippen molar-refractivity contribution in [2.45, 2.75) is 0 Å². The molecule has 3 rings (SSSR count). The summed E-state index contributed by atoms with van der Waals surface area (Å²) in [6.07, 6.45) is 1.44. The largest absolute Gasteiger partial charge is 0.253 e. The summed E-state index contributed by atoms with van der Waals surface area (Å²) in [5, 5.41) is 4.70. The van der Waals surface area contributed by atoms with E-state index in [0.29, 0.717) is 10.7 Å². The Morgan fingerprint density at radius 2 is 2.10 bits per heavy atom. The molecule has 3 aromatic rings. The Labute approximate surface area is 127 Å². The standard InChI is InChI=1S/C14H9BrFN3S/c15-10-5-6-11(16)9(7-10)8-17-19-14-18-12-3-1-2-4-13(12)20-14/h1-8H,(H,18,19)/b17-8+. The molecule has 0 aliphatic rings. The summed E-state index contributed by atoms with van der Waals surface area (Å²) in [6.45, 7) is 0. The minimum absolute atomic E-state index is 0.317. The maximum absolute atomic E-state index is 13.5. The lowest BCUT2D eigenvalue weighted by Crippen LogP contribution is -1.92. The van der Waals surface area contributed by atoms with Gasteiger partial charge in [-0.15, -0.1) is 0 Å². The fourth-order valence-electron chi connectivity index (χ4n) is 1.69. The van der Waals surface area contributed by atoms with Gasteiger partial charge in [-0.3, -0.25) is 5.43 Å². The summed E-state index contributed by atoms with van der Waals surface area (Å²) in [6, 6.07) is 12.5. The second kappa shape index (κ2) is 5.68. The number of fused-ring (bicyclic) bond motifs is 1. The average Bonchev–Trinajstić information content (AvgIpc) is 2.85. The third kappa shape index (κ3) is 2.86. The third-order valence-electron chi connectivity index (χ3n) is 2.62. The monoisotopic (exact) mass is 349 g/mol. The predicted octanol–water partition coefficient (Wildman–Crippen LogP) is 4.64. The van der Waals surface area contributed by atoms with Crippen LogP contribution >= 0.6 is 27.3 Å². The van der Waals surface area contributed by atoms with E-state index in [1.54, 1.807) is 12.1 Å². The molecule has 0 aliphatic carbocycles. The molecule has 6 heteroatoms. The number of nitrogens with one attached hydrogen (secondary N) is 1. The number of nitrogens with zero attached hydrogens (tertiary/aromatic N) is 2. The van der Waals surface area contributed by atoms with E-state index in [1.165, 1.54) is 23.6 Å². The number of aromatic nitrogens is 1. The minimum atomic E-state index is -0.317.